The molecule has 0 saturated heterocycles. The van der Waals surface area contributed by atoms with Gasteiger partial charge in [0.25, 0.3) is 5.56 Å². The highest BCUT2D eigenvalue weighted by atomic mass is 35.5. The summed E-state index contributed by atoms with van der Waals surface area (Å²) >= 11 is 7.66. The van der Waals surface area contributed by atoms with Crippen molar-refractivity contribution < 1.29 is 9.90 Å². The number of aromatic nitrogens is 1. The first-order valence-corrected chi connectivity index (χ1v) is 10.3. The average molecular weight is 435 g/mol. The Morgan fingerprint density at radius 3 is 2.50 bits per heavy atom. The number of hydrogen-bond acceptors (Lipinski definition) is 5. The molecule has 0 saturated carbocycles. The fraction of sp³-hybridized carbons (Fsp3) is 0.0870. The lowest BCUT2D eigenvalue weighted by molar-refractivity contribution is 0.103. The maximum Gasteiger partial charge on any atom is 0.271 e. The summed E-state index contributed by atoms with van der Waals surface area (Å²) in [6.45, 7) is 1.52. The van der Waals surface area contributed by atoms with Gasteiger partial charge >= 0.3 is 0 Å². The van der Waals surface area contributed by atoms with E-state index in [4.69, 9.17) is 11.6 Å². The minimum absolute atomic E-state index is 0.0287. The lowest BCUT2D eigenvalue weighted by Gasteiger charge is -2.15. The van der Waals surface area contributed by atoms with Crippen molar-refractivity contribution in [1.82, 2.24) is 4.57 Å². The number of thiophene rings is 1. The number of carbonyl (C=O) groups is 1. The fourth-order valence-corrected chi connectivity index (χ4v) is 4.87. The molecule has 5 nitrogen and oxygen atoms in total. The first-order chi connectivity index (χ1) is 14.4. The molecule has 2 aromatic heterocycles. The molecule has 0 atom stereocenters. The summed E-state index contributed by atoms with van der Waals surface area (Å²) in [5.74, 6) is -0.992. The number of nitrogens with zero attached hydrogens (tertiary/aromatic N) is 2. The molecule has 0 amide bonds. The van der Waals surface area contributed by atoms with Crippen LogP contribution in [0.4, 0.5) is 0 Å². The van der Waals surface area contributed by atoms with Gasteiger partial charge in [-0.3, -0.25) is 14.2 Å². The predicted molar refractivity (Wildman–Crippen MR) is 118 cm³/mol. The molecule has 0 aliphatic carbocycles. The van der Waals surface area contributed by atoms with E-state index in [0.717, 1.165) is 20.2 Å². The van der Waals surface area contributed by atoms with Gasteiger partial charge in [0.05, 0.1) is 22.0 Å². The Bertz CT molecular complexity index is 1400. The van der Waals surface area contributed by atoms with Crippen LogP contribution in [0.15, 0.2) is 59.4 Å². The second kappa shape index (κ2) is 7.79. The van der Waals surface area contributed by atoms with E-state index in [-0.39, 0.29) is 28.1 Å². The van der Waals surface area contributed by atoms with E-state index in [1.54, 1.807) is 24.3 Å². The zero-order valence-corrected chi connectivity index (χ0v) is 17.4. The highest BCUT2D eigenvalue weighted by Gasteiger charge is 2.28. The highest BCUT2D eigenvalue weighted by molar-refractivity contribution is 7.21. The summed E-state index contributed by atoms with van der Waals surface area (Å²) in [6, 6.07) is 18.3. The van der Waals surface area contributed by atoms with E-state index in [0.29, 0.717) is 5.02 Å². The topological polar surface area (TPSA) is 83.1 Å². The molecular weight excluding hydrogens is 420 g/mol. The van der Waals surface area contributed by atoms with Crippen LogP contribution in [0.25, 0.3) is 10.1 Å². The molecule has 2 aromatic carbocycles. The normalized spacial score (nSPS) is 10.8. The van der Waals surface area contributed by atoms with Crippen molar-refractivity contribution >= 4 is 38.8 Å². The Hall–Kier alpha value is -3.40. The molecule has 2 heterocycles. The van der Waals surface area contributed by atoms with Crippen molar-refractivity contribution in [3.05, 3.63) is 97.1 Å². The number of carbonyl (C=O) groups excluding carboxylic acids is 1. The number of aromatic hydroxyl groups is 1. The van der Waals surface area contributed by atoms with Crippen LogP contribution in [0.1, 0.15) is 31.9 Å². The van der Waals surface area contributed by atoms with Gasteiger partial charge < -0.3 is 5.11 Å². The van der Waals surface area contributed by atoms with Crippen LogP contribution in [0.2, 0.25) is 5.02 Å². The SMILES string of the molecule is Cc1c(C(=O)c2sc3ccccc3c2Cl)c(O)n(Cc2ccccc2)c(=O)c1C#N. The van der Waals surface area contributed by atoms with E-state index in [9.17, 15) is 20.0 Å². The maximum atomic E-state index is 13.4. The largest absolute Gasteiger partial charge is 0.494 e. The third-order valence-electron chi connectivity index (χ3n) is 4.95. The number of nitriles is 1. The van der Waals surface area contributed by atoms with Gasteiger partial charge in [0.1, 0.15) is 11.6 Å². The molecule has 30 heavy (non-hydrogen) atoms. The molecule has 0 fully saturated rings. The number of ketones is 1. The van der Waals surface area contributed by atoms with Crippen LogP contribution in [0, 0.1) is 18.3 Å². The third-order valence-corrected chi connectivity index (χ3v) is 6.63. The maximum absolute atomic E-state index is 13.4. The molecule has 4 aromatic rings. The van der Waals surface area contributed by atoms with Gasteiger partial charge in [-0.2, -0.15) is 5.26 Å². The third kappa shape index (κ3) is 3.18. The first-order valence-electron chi connectivity index (χ1n) is 9.06. The second-order valence-corrected chi connectivity index (χ2v) is 8.19. The van der Waals surface area contributed by atoms with Crippen molar-refractivity contribution in [2.24, 2.45) is 0 Å². The van der Waals surface area contributed by atoms with Gasteiger partial charge in [0.2, 0.25) is 11.7 Å². The standard InChI is InChI=1S/C23H15ClN2O3S/c1-13-16(11-25)22(28)26(12-14-7-3-2-4-8-14)23(29)18(13)20(27)21-19(24)15-9-5-6-10-17(15)30-21/h2-10,29H,12H2,1H3. The van der Waals surface area contributed by atoms with Crippen LogP contribution < -0.4 is 5.56 Å². The Morgan fingerprint density at radius 1 is 1.17 bits per heavy atom. The Morgan fingerprint density at radius 2 is 1.83 bits per heavy atom. The predicted octanol–water partition coefficient (Wildman–Crippen LogP) is 4.88. The van der Waals surface area contributed by atoms with Crippen molar-refractivity contribution in [2.75, 3.05) is 0 Å². The zero-order valence-electron chi connectivity index (χ0n) is 15.8. The molecule has 1 N–H and O–H groups in total. The summed E-state index contributed by atoms with van der Waals surface area (Å²) in [5.41, 5.74) is -0.0148. The number of benzene rings is 2. The first kappa shape index (κ1) is 19.9. The molecule has 0 aliphatic heterocycles. The van der Waals surface area contributed by atoms with E-state index in [1.165, 1.54) is 18.3 Å². The molecule has 7 heteroatoms. The molecule has 0 aliphatic rings. The van der Waals surface area contributed by atoms with E-state index in [2.05, 4.69) is 0 Å². The molecule has 0 radical (unpaired) electrons. The van der Waals surface area contributed by atoms with Gasteiger partial charge in [-0.1, -0.05) is 60.1 Å². The van der Waals surface area contributed by atoms with Gasteiger partial charge in [-0.05, 0) is 24.1 Å². The summed E-state index contributed by atoms with van der Waals surface area (Å²) in [7, 11) is 0. The Kier molecular flexibility index (Phi) is 5.17. The molecule has 4 rings (SSSR count). The summed E-state index contributed by atoms with van der Waals surface area (Å²) in [4.78, 5) is 26.5. The molecule has 0 unspecified atom stereocenters. The lowest BCUT2D eigenvalue weighted by Crippen LogP contribution is -2.27. The molecule has 148 valence electrons. The monoisotopic (exact) mass is 434 g/mol. The van der Waals surface area contributed by atoms with E-state index < -0.39 is 17.2 Å². The van der Waals surface area contributed by atoms with E-state index in [1.807, 2.05) is 36.4 Å². The second-order valence-electron chi connectivity index (χ2n) is 6.76. The van der Waals surface area contributed by atoms with Crippen molar-refractivity contribution in [1.29, 1.82) is 5.26 Å². The lowest BCUT2D eigenvalue weighted by atomic mass is 10.0. The summed E-state index contributed by atoms with van der Waals surface area (Å²) in [6.07, 6.45) is 0. The Labute approximate surface area is 181 Å². The summed E-state index contributed by atoms with van der Waals surface area (Å²) in [5, 5.41) is 21.5. The molecule has 0 bridgehead atoms. The van der Waals surface area contributed by atoms with Gasteiger partial charge in [0, 0.05) is 10.1 Å². The Balaban J connectivity index is 1.94. The highest BCUT2D eigenvalue weighted by Crippen LogP contribution is 2.38. The summed E-state index contributed by atoms with van der Waals surface area (Å²) < 4.78 is 1.89. The molecular formula is C23H15ClN2O3S. The van der Waals surface area contributed by atoms with Crippen LogP contribution in [-0.4, -0.2) is 15.5 Å². The number of fused-ring (bicyclic) bond motifs is 1. The average Bonchev–Trinajstić information content (AvgIpc) is 3.09. The van der Waals surface area contributed by atoms with Crippen molar-refractivity contribution in [2.45, 2.75) is 13.5 Å². The minimum atomic E-state index is -0.643. The number of rotatable bonds is 4. The number of halogens is 1. The fourth-order valence-electron chi connectivity index (χ4n) is 3.41. The minimum Gasteiger partial charge on any atom is -0.494 e. The van der Waals surface area contributed by atoms with Crippen LogP contribution in [0.5, 0.6) is 5.88 Å². The number of hydrogen-bond donors (Lipinski definition) is 1. The van der Waals surface area contributed by atoms with Crippen molar-refractivity contribution in [3.8, 4) is 11.9 Å². The van der Waals surface area contributed by atoms with Gasteiger partial charge in [0.15, 0.2) is 0 Å². The van der Waals surface area contributed by atoms with Crippen LogP contribution in [-0.2, 0) is 6.54 Å². The van der Waals surface area contributed by atoms with Crippen molar-refractivity contribution in [3.63, 3.8) is 0 Å². The zero-order chi connectivity index (χ0) is 21.4. The van der Waals surface area contributed by atoms with E-state index >= 15 is 0 Å². The number of pyridine rings is 1. The van der Waals surface area contributed by atoms with Gasteiger partial charge in [-0.15, -0.1) is 11.3 Å². The van der Waals surface area contributed by atoms with Crippen LogP contribution in [0.3, 0.4) is 0 Å². The van der Waals surface area contributed by atoms with Crippen LogP contribution >= 0.6 is 22.9 Å². The van der Waals surface area contributed by atoms with Gasteiger partial charge in [-0.25, -0.2) is 0 Å². The molecule has 0 spiro atoms. The quantitative estimate of drug-likeness (QED) is 0.464. The smallest absolute Gasteiger partial charge is 0.271 e.